The molecule has 0 aromatic heterocycles. The predicted molar refractivity (Wildman–Crippen MR) is 187 cm³/mol. The first kappa shape index (κ1) is 38.6. The third kappa shape index (κ3) is 9.72. The van der Waals surface area contributed by atoms with Crippen LogP contribution >= 0.6 is 0 Å². The van der Waals surface area contributed by atoms with Gasteiger partial charge in [0, 0.05) is 25.2 Å². The number of esters is 1. The first-order valence-corrected chi connectivity index (χ1v) is 19.3. The third-order valence-electron chi connectivity index (χ3n) is 13.2. The van der Waals surface area contributed by atoms with Crippen molar-refractivity contribution in [3.05, 3.63) is 11.6 Å². The van der Waals surface area contributed by atoms with E-state index in [1.807, 2.05) is 0 Å². The molecule has 3 fully saturated rings. The van der Waals surface area contributed by atoms with Crippen molar-refractivity contribution in [2.24, 2.45) is 52.3 Å². The van der Waals surface area contributed by atoms with Gasteiger partial charge in [0.1, 0.15) is 12.9 Å². The lowest BCUT2D eigenvalue weighted by molar-refractivity contribution is -0.144. The van der Waals surface area contributed by atoms with Crippen molar-refractivity contribution < 1.29 is 33.8 Å². The van der Waals surface area contributed by atoms with Crippen molar-refractivity contribution in [1.29, 1.82) is 0 Å². The van der Waals surface area contributed by atoms with Crippen molar-refractivity contribution in [1.82, 2.24) is 5.32 Å². The summed E-state index contributed by atoms with van der Waals surface area (Å²) in [7, 11) is 0. The van der Waals surface area contributed by atoms with Crippen LogP contribution in [-0.4, -0.2) is 55.1 Å². The fourth-order valence-electron chi connectivity index (χ4n) is 10.5. The van der Waals surface area contributed by atoms with E-state index in [4.69, 9.17) is 14.6 Å². The molecule has 0 aromatic carbocycles. The first-order valence-electron chi connectivity index (χ1n) is 19.3. The fourth-order valence-corrected chi connectivity index (χ4v) is 10.5. The average molecular weight is 672 g/mol. The number of carboxylic acid groups (broad SMARTS) is 1. The minimum Gasteiger partial charge on any atom is -0.481 e. The Morgan fingerprint density at radius 3 is 2.50 bits per heavy atom. The molecule has 48 heavy (non-hydrogen) atoms. The van der Waals surface area contributed by atoms with Crippen molar-refractivity contribution >= 4 is 24.1 Å². The van der Waals surface area contributed by atoms with E-state index in [2.05, 4.69) is 46.0 Å². The molecule has 3 unspecified atom stereocenters. The Balaban J connectivity index is 1.19. The van der Waals surface area contributed by atoms with E-state index < -0.39 is 11.9 Å². The highest BCUT2D eigenvalue weighted by Crippen LogP contribution is 2.67. The number of hydrogen-bond acceptors (Lipinski definition) is 6. The Morgan fingerprint density at radius 2 is 1.77 bits per heavy atom. The number of fused-ring (bicyclic) bond motifs is 5. The number of rotatable bonds is 19. The molecule has 0 saturated heterocycles. The van der Waals surface area contributed by atoms with Gasteiger partial charge in [-0.1, -0.05) is 65.5 Å². The molecule has 8 nitrogen and oxygen atoms in total. The van der Waals surface area contributed by atoms with Crippen molar-refractivity contribution in [2.45, 2.75) is 143 Å². The second kappa shape index (κ2) is 17.6. The SMILES string of the molecule is CC(C)CCC[C@@H](C)[C@H]1CCC2[C@@H]3CC=C4C[C@@H](OCC(C=O)CCC(=O)NCCOC(=O)CCCC(=O)O)CC[C@]4(C)C3CC[C@@]21C. The van der Waals surface area contributed by atoms with Crippen LogP contribution in [0.15, 0.2) is 11.6 Å². The lowest BCUT2D eigenvalue weighted by Crippen LogP contribution is -2.51. The third-order valence-corrected chi connectivity index (χ3v) is 13.2. The molecule has 0 spiro atoms. The van der Waals surface area contributed by atoms with E-state index in [0.717, 1.165) is 61.1 Å². The molecule has 4 aliphatic rings. The Bertz CT molecular complexity index is 1130. The predicted octanol–water partition coefficient (Wildman–Crippen LogP) is 7.92. The summed E-state index contributed by atoms with van der Waals surface area (Å²) in [6, 6.07) is 0. The Kier molecular flexibility index (Phi) is 14.2. The molecule has 9 atom stereocenters. The molecule has 4 rings (SSSR count). The van der Waals surface area contributed by atoms with Crippen LogP contribution in [0.2, 0.25) is 0 Å². The standard InChI is InChI=1S/C40H65NO7/c1-27(2)8-6-9-28(3)33-15-16-34-32-14-13-30-24-31(18-20-39(30,4)35(32)19-21-40(33,34)5)48-26-29(25-42)12-17-36(43)41-22-23-47-38(46)11-7-10-37(44)45/h13,25,27-29,31-35H,6-12,14-24,26H2,1-5H3,(H,41,43)(H,44,45)/t28-,29?,31+,32+,33-,34?,35?,39+,40-/m1/s1. The first-order chi connectivity index (χ1) is 22.9. The lowest BCUT2D eigenvalue weighted by Gasteiger charge is -2.58. The number of aldehydes is 1. The monoisotopic (exact) mass is 671 g/mol. The van der Waals surface area contributed by atoms with Crippen LogP contribution in [0.25, 0.3) is 0 Å². The summed E-state index contributed by atoms with van der Waals surface area (Å²) in [6.07, 6.45) is 18.5. The summed E-state index contributed by atoms with van der Waals surface area (Å²) in [6.45, 7) is 13.0. The van der Waals surface area contributed by atoms with Gasteiger partial charge in [-0.25, -0.2) is 0 Å². The van der Waals surface area contributed by atoms with E-state index in [1.54, 1.807) is 5.57 Å². The zero-order valence-electron chi connectivity index (χ0n) is 30.6. The molecule has 4 aliphatic carbocycles. The molecule has 0 aromatic rings. The average Bonchev–Trinajstić information content (AvgIpc) is 3.40. The Hall–Kier alpha value is -2.22. The number of aliphatic carboxylic acids is 1. The minimum absolute atomic E-state index is 0.0359. The van der Waals surface area contributed by atoms with E-state index >= 15 is 0 Å². The molecule has 2 N–H and O–H groups in total. The number of carbonyl (C=O) groups excluding carboxylic acids is 3. The Morgan fingerprint density at radius 1 is 0.979 bits per heavy atom. The summed E-state index contributed by atoms with van der Waals surface area (Å²) in [5.41, 5.74) is 2.35. The van der Waals surface area contributed by atoms with Crippen LogP contribution in [0.4, 0.5) is 0 Å². The summed E-state index contributed by atoms with van der Waals surface area (Å²) < 4.78 is 11.4. The Labute approximate surface area is 289 Å². The summed E-state index contributed by atoms with van der Waals surface area (Å²) in [4.78, 5) is 46.3. The minimum atomic E-state index is -0.947. The van der Waals surface area contributed by atoms with E-state index in [-0.39, 0.29) is 62.2 Å². The van der Waals surface area contributed by atoms with Crippen molar-refractivity contribution in [3.63, 3.8) is 0 Å². The molecular weight excluding hydrogens is 606 g/mol. The highest BCUT2D eigenvalue weighted by atomic mass is 16.5. The van der Waals surface area contributed by atoms with Gasteiger partial charge in [0.05, 0.1) is 19.3 Å². The molecule has 0 bridgehead atoms. The van der Waals surface area contributed by atoms with Crippen LogP contribution < -0.4 is 5.32 Å². The molecule has 0 heterocycles. The van der Waals surface area contributed by atoms with Crippen molar-refractivity contribution in [2.75, 3.05) is 19.8 Å². The maximum Gasteiger partial charge on any atom is 0.305 e. The van der Waals surface area contributed by atoms with Crippen LogP contribution in [-0.2, 0) is 28.7 Å². The topological polar surface area (TPSA) is 119 Å². The number of carbonyl (C=O) groups is 4. The van der Waals surface area contributed by atoms with Gasteiger partial charge in [-0.15, -0.1) is 0 Å². The molecule has 3 saturated carbocycles. The zero-order chi connectivity index (χ0) is 34.9. The maximum atomic E-state index is 12.3. The van der Waals surface area contributed by atoms with Gasteiger partial charge in [0.25, 0.3) is 0 Å². The van der Waals surface area contributed by atoms with E-state index in [1.165, 1.54) is 51.4 Å². The zero-order valence-corrected chi connectivity index (χ0v) is 30.6. The number of nitrogens with one attached hydrogen (secondary N) is 1. The lowest BCUT2D eigenvalue weighted by atomic mass is 9.47. The van der Waals surface area contributed by atoms with Crippen LogP contribution in [0.3, 0.4) is 0 Å². The number of amides is 1. The van der Waals surface area contributed by atoms with Crippen molar-refractivity contribution in [3.8, 4) is 0 Å². The quantitative estimate of drug-likeness (QED) is 0.0620. The van der Waals surface area contributed by atoms with Gasteiger partial charge in [0.2, 0.25) is 5.91 Å². The van der Waals surface area contributed by atoms with E-state index in [0.29, 0.717) is 18.4 Å². The summed E-state index contributed by atoms with van der Waals surface area (Å²) in [5.74, 6) is 3.00. The van der Waals surface area contributed by atoms with Crippen LogP contribution in [0.5, 0.6) is 0 Å². The van der Waals surface area contributed by atoms with E-state index in [9.17, 15) is 19.2 Å². The second-order valence-corrected chi connectivity index (χ2v) is 16.7. The number of ether oxygens (including phenoxy) is 2. The number of allylic oxidation sites excluding steroid dienone is 1. The second-order valence-electron chi connectivity index (χ2n) is 16.7. The van der Waals surface area contributed by atoms with Gasteiger partial charge in [-0.05, 0) is 111 Å². The summed E-state index contributed by atoms with van der Waals surface area (Å²) in [5, 5.41) is 11.4. The summed E-state index contributed by atoms with van der Waals surface area (Å²) >= 11 is 0. The smallest absolute Gasteiger partial charge is 0.305 e. The van der Waals surface area contributed by atoms with Gasteiger partial charge in [-0.3, -0.25) is 14.4 Å². The van der Waals surface area contributed by atoms with Crippen LogP contribution in [0, 0.1) is 52.3 Å². The molecule has 1 amide bonds. The van der Waals surface area contributed by atoms with Gasteiger partial charge >= 0.3 is 11.9 Å². The largest absolute Gasteiger partial charge is 0.481 e. The molecule has 272 valence electrons. The normalized spacial score (nSPS) is 32.3. The number of carboxylic acids is 1. The van der Waals surface area contributed by atoms with Gasteiger partial charge in [0.15, 0.2) is 0 Å². The van der Waals surface area contributed by atoms with Gasteiger partial charge < -0.3 is 24.7 Å². The molecule has 0 radical (unpaired) electrons. The molecular formula is C40H65NO7. The molecule has 0 aliphatic heterocycles. The molecule has 8 heteroatoms. The highest BCUT2D eigenvalue weighted by molar-refractivity contribution is 5.76. The van der Waals surface area contributed by atoms with Crippen LogP contribution in [0.1, 0.15) is 137 Å². The highest BCUT2D eigenvalue weighted by Gasteiger charge is 2.59. The number of hydrogen-bond donors (Lipinski definition) is 2. The maximum absolute atomic E-state index is 12.3. The fraction of sp³-hybridized carbons (Fsp3) is 0.850. The van der Waals surface area contributed by atoms with Gasteiger partial charge in [-0.2, -0.15) is 0 Å².